The number of fused-ring (bicyclic) bond motifs is 1. The molecule has 2 atom stereocenters. The summed E-state index contributed by atoms with van der Waals surface area (Å²) in [6.45, 7) is 21.0. The number of amides is 2. The van der Waals surface area contributed by atoms with Crippen molar-refractivity contribution < 1.29 is 19.1 Å². The first-order valence-corrected chi connectivity index (χ1v) is 21.8. The zero-order chi connectivity index (χ0) is 44.2. The van der Waals surface area contributed by atoms with Crippen molar-refractivity contribution in [3.8, 4) is 0 Å². The second kappa shape index (κ2) is 18.7. The fourth-order valence-electron chi connectivity index (χ4n) is 7.91. The molecule has 0 radical (unpaired) electrons. The molecule has 6 rings (SSSR count). The lowest BCUT2D eigenvalue weighted by Gasteiger charge is -2.40. The summed E-state index contributed by atoms with van der Waals surface area (Å²) in [6, 6.07) is 2.00. The largest absolute Gasteiger partial charge is 0.444 e. The zero-order valence-electron chi connectivity index (χ0n) is 38.3. The highest BCUT2D eigenvalue weighted by Gasteiger charge is 2.39. The third kappa shape index (κ3) is 11.1. The Morgan fingerprint density at radius 2 is 1.52 bits per heavy atom. The van der Waals surface area contributed by atoms with Crippen molar-refractivity contribution in [2.24, 2.45) is 18.0 Å². The van der Waals surface area contributed by atoms with Crippen LogP contribution in [0, 0.1) is 5.92 Å². The van der Waals surface area contributed by atoms with E-state index in [2.05, 4.69) is 42.6 Å². The Bertz CT molecular complexity index is 2190. The maximum absolute atomic E-state index is 13.6. The number of hydrogen-bond acceptors (Lipinski definition) is 12. The predicted octanol–water partition coefficient (Wildman–Crippen LogP) is 8.14. The number of likely N-dealkylation sites (tertiary alicyclic amines) is 2. The Morgan fingerprint density at radius 1 is 0.885 bits per heavy atom. The Kier molecular flexibility index (Phi) is 13.8. The van der Waals surface area contributed by atoms with Crippen molar-refractivity contribution >= 4 is 47.0 Å². The van der Waals surface area contributed by atoms with Gasteiger partial charge >= 0.3 is 12.2 Å². The summed E-state index contributed by atoms with van der Waals surface area (Å²) in [5, 5.41) is 0. The summed E-state index contributed by atoms with van der Waals surface area (Å²) in [7, 11) is 5.93. The molecule has 2 aliphatic heterocycles. The smallest absolute Gasteiger partial charge is 0.410 e. The van der Waals surface area contributed by atoms with E-state index in [0.717, 1.165) is 58.4 Å². The fraction of sp³-hybridized carbons (Fsp3) is 0.622. The van der Waals surface area contributed by atoms with Crippen LogP contribution in [0.25, 0.3) is 11.0 Å². The molecule has 6 heterocycles. The van der Waals surface area contributed by atoms with Crippen LogP contribution in [0.4, 0.5) is 27.0 Å². The molecule has 2 unspecified atom stereocenters. The molecule has 16 nitrogen and oxygen atoms in total. The van der Waals surface area contributed by atoms with Crippen molar-refractivity contribution in [3.05, 3.63) is 53.8 Å². The van der Waals surface area contributed by atoms with Crippen LogP contribution in [0.3, 0.4) is 0 Å². The first-order valence-electron chi connectivity index (χ1n) is 21.8. The molecular formula is C45H66N12O4. The van der Waals surface area contributed by atoms with Crippen molar-refractivity contribution in [3.63, 3.8) is 0 Å². The van der Waals surface area contributed by atoms with Gasteiger partial charge in [-0.3, -0.25) is 9.97 Å². The molecule has 0 aromatic carbocycles. The van der Waals surface area contributed by atoms with Gasteiger partial charge in [0.05, 0.1) is 59.5 Å². The number of carbonyl (C=O) groups excluding carboxylic acids is 2. The molecule has 0 bridgehead atoms. The molecule has 0 aliphatic carbocycles. The Morgan fingerprint density at radius 3 is 2.16 bits per heavy atom. The standard InChI is InChI=1S/C45H66N12O4/c1-13-15-29(3)16-17-53(10)27-50-40-39(52-35(20-47-40)32-25-56(26-32)42(58)60-44(5,6)7)30(4)19-45(8,9)61-43(59)57-23-31(24-57)34-21-48-41(33(14-2)51-34)55(12)38-18-37-36(22-46-38)49-28-54(37)11/h18,20-22,27-32H,13-17,19,23-26H2,1-12H3. The van der Waals surface area contributed by atoms with Gasteiger partial charge in [0.2, 0.25) is 0 Å². The van der Waals surface area contributed by atoms with Crippen molar-refractivity contribution in [1.82, 2.24) is 49.2 Å². The summed E-state index contributed by atoms with van der Waals surface area (Å²) in [4.78, 5) is 67.3. The molecule has 2 aliphatic rings. The van der Waals surface area contributed by atoms with E-state index in [-0.39, 0.29) is 29.9 Å². The van der Waals surface area contributed by atoms with Gasteiger partial charge in [-0.25, -0.2) is 34.5 Å². The lowest BCUT2D eigenvalue weighted by Crippen LogP contribution is -2.51. The van der Waals surface area contributed by atoms with E-state index >= 15 is 0 Å². The van der Waals surface area contributed by atoms with Gasteiger partial charge in [-0.1, -0.05) is 40.5 Å². The number of aryl methyl sites for hydroxylation is 2. The molecule has 2 amide bonds. The molecule has 0 saturated carbocycles. The van der Waals surface area contributed by atoms with E-state index in [1.165, 1.54) is 12.8 Å². The highest BCUT2D eigenvalue weighted by Crippen LogP contribution is 2.36. The number of hydrogen-bond donors (Lipinski definition) is 0. The Labute approximate surface area is 361 Å². The fourth-order valence-corrected chi connectivity index (χ4v) is 7.91. The van der Waals surface area contributed by atoms with Crippen molar-refractivity contribution in [2.45, 2.75) is 123 Å². The van der Waals surface area contributed by atoms with E-state index < -0.39 is 11.2 Å². The van der Waals surface area contributed by atoms with E-state index in [1.54, 1.807) is 28.5 Å². The van der Waals surface area contributed by atoms with Gasteiger partial charge in [-0.15, -0.1) is 0 Å². The third-order valence-electron chi connectivity index (χ3n) is 11.5. The van der Waals surface area contributed by atoms with Crippen LogP contribution in [0.2, 0.25) is 0 Å². The van der Waals surface area contributed by atoms with E-state index in [4.69, 9.17) is 34.4 Å². The minimum absolute atomic E-state index is 0.0337. The topological polar surface area (TPSA) is 160 Å². The maximum atomic E-state index is 13.6. The van der Waals surface area contributed by atoms with Gasteiger partial charge in [-0.2, -0.15) is 0 Å². The minimum Gasteiger partial charge on any atom is -0.444 e. The predicted molar refractivity (Wildman–Crippen MR) is 238 cm³/mol. The summed E-state index contributed by atoms with van der Waals surface area (Å²) >= 11 is 0. The quantitative estimate of drug-likeness (QED) is 0.0789. The average molecular weight is 839 g/mol. The molecule has 330 valence electrons. The van der Waals surface area contributed by atoms with Crippen molar-refractivity contribution in [1.29, 1.82) is 0 Å². The summed E-state index contributed by atoms with van der Waals surface area (Å²) in [5.41, 5.74) is 3.71. The molecule has 61 heavy (non-hydrogen) atoms. The molecule has 0 N–H and O–H groups in total. The number of aromatic nitrogens is 7. The number of rotatable bonds is 16. The number of nitrogens with zero attached hydrogens (tertiary/aromatic N) is 12. The highest BCUT2D eigenvalue weighted by atomic mass is 16.6. The molecule has 4 aromatic heterocycles. The molecule has 16 heteroatoms. The Balaban J connectivity index is 1.09. The van der Waals surface area contributed by atoms with Crippen LogP contribution in [0.15, 0.2) is 36.0 Å². The highest BCUT2D eigenvalue weighted by molar-refractivity contribution is 5.78. The second-order valence-electron chi connectivity index (χ2n) is 18.7. The number of ether oxygens (including phenoxy) is 2. The van der Waals surface area contributed by atoms with Crippen molar-refractivity contribution in [2.75, 3.05) is 51.7 Å². The molecule has 2 fully saturated rings. The number of anilines is 2. The summed E-state index contributed by atoms with van der Waals surface area (Å²) in [6.07, 6.45) is 12.9. The monoisotopic (exact) mass is 839 g/mol. The van der Waals surface area contributed by atoms with E-state index in [0.29, 0.717) is 50.8 Å². The third-order valence-corrected chi connectivity index (χ3v) is 11.5. The lowest BCUT2D eigenvalue weighted by molar-refractivity contribution is -0.00917. The molecular weight excluding hydrogens is 773 g/mol. The van der Waals surface area contributed by atoms with Crippen LogP contribution in [0.1, 0.15) is 129 Å². The molecule has 2 saturated heterocycles. The summed E-state index contributed by atoms with van der Waals surface area (Å²) < 4.78 is 13.7. The normalized spacial score (nSPS) is 16.1. The van der Waals surface area contributed by atoms with Crippen LogP contribution in [-0.4, -0.2) is 126 Å². The van der Waals surface area contributed by atoms with Crippen LogP contribution >= 0.6 is 0 Å². The summed E-state index contributed by atoms with van der Waals surface area (Å²) in [5.74, 6) is 2.62. The SMILES string of the molecule is CCCC(C)CCN(C)C=Nc1ncc(C2CN(C(=O)OC(C)(C)C)C2)nc1C(C)CC(C)(C)OC(=O)N1CC(c2cnc(N(C)c3cc4c(cn3)ncn4C)c(CC)n2)C1. The number of carbonyl (C=O) groups is 2. The van der Waals surface area contributed by atoms with Gasteiger partial charge < -0.3 is 33.6 Å². The van der Waals surface area contributed by atoms with Crippen LogP contribution < -0.4 is 4.90 Å². The van der Waals surface area contributed by atoms with Crippen LogP contribution in [-0.2, 0) is 22.9 Å². The number of aliphatic imine (C=N–C) groups is 1. The van der Waals surface area contributed by atoms with Crippen LogP contribution in [0.5, 0.6) is 0 Å². The van der Waals surface area contributed by atoms with E-state index in [9.17, 15) is 9.59 Å². The number of imidazole rings is 1. The van der Waals surface area contributed by atoms with Gasteiger partial charge in [0.15, 0.2) is 11.6 Å². The maximum Gasteiger partial charge on any atom is 0.410 e. The van der Waals surface area contributed by atoms with E-state index in [1.807, 2.05) is 83.8 Å². The lowest BCUT2D eigenvalue weighted by atomic mass is 9.91. The van der Waals surface area contributed by atoms with Gasteiger partial charge in [0.1, 0.15) is 22.5 Å². The first-order chi connectivity index (χ1) is 28.8. The van der Waals surface area contributed by atoms with Gasteiger partial charge in [-0.05, 0) is 59.8 Å². The van der Waals surface area contributed by atoms with Gasteiger partial charge in [0.25, 0.3) is 0 Å². The minimum atomic E-state index is -0.815. The average Bonchev–Trinajstić information content (AvgIpc) is 3.53. The molecule has 0 spiro atoms. The first kappa shape index (κ1) is 45.1. The van der Waals surface area contributed by atoms with Gasteiger partial charge in [0, 0.05) is 77.7 Å². The second-order valence-corrected chi connectivity index (χ2v) is 18.7. The number of pyridine rings is 1. The molecule has 4 aromatic rings. The zero-order valence-corrected chi connectivity index (χ0v) is 38.3. The Hall–Kier alpha value is -5.41.